The van der Waals surface area contributed by atoms with Crippen LogP contribution in [0.5, 0.6) is 0 Å². The molecule has 0 saturated carbocycles. The highest BCUT2D eigenvalue weighted by Gasteiger charge is 2.35. The Morgan fingerprint density at radius 1 is 1.17 bits per heavy atom. The van der Waals surface area contributed by atoms with E-state index in [0.717, 1.165) is 44.0 Å². The molecule has 1 amide bonds. The quantitative estimate of drug-likeness (QED) is 0.672. The van der Waals surface area contributed by atoms with E-state index in [1.54, 1.807) is 28.9 Å². The minimum atomic E-state index is -3.26. The Balaban J connectivity index is 1.50. The Bertz CT molecular complexity index is 970. The van der Waals surface area contributed by atoms with Crippen LogP contribution >= 0.6 is 11.8 Å². The summed E-state index contributed by atoms with van der Waals surface area (Å²) < 4.78 is 24.9. The molecule has 2 aromatic rings. The highest BCUT2D eigenvalue weighted by molar-refractivity contribution is 7.99. The van der Waals surface area contributed by atoms with Crippen LogP contribution in [0, 0.1) is 0 Å². The SMILES string of the molecule is CS(=O)(=O)c1ccc(-n2nnnc2CN2CCCC2C(=O)N2CCSCC2)cc1. The highest BCUT2D eigenvalue weighted by atomic mass is 32.2. The fraction of sp³-hybridized carbons (Fsp3) is 0.556. The zero-order chi connectivity index (χ0) is 20.4. The van der Waals surface area contributed by atoms with Gasteiger partial charge in [-0.05, 0) is 54.1 Å². The normalized spacial score (nSPS) is 20.9. The van der Waals surface area contributed by atoms with Crippen molar-refractivity contribution < 1.29 is 13.2 Å². The van der Waals surface area contributed by atoms with Gasteiger partial charge in [-0.1, -0.05) is 0 Å². The third-order valence-electron chi connectivity index (χ3n) is 5.36. The van der Waals surface area contributed by atoms with Gasteiger partial charge in [0.2, 0.25) is 5.91 Å². The third-order valence-corrected chi connectivity index (χ3v) is 7.43. The lowest BCUT2D eigenvalue weighted by Gasteiger charge is -2.32. The van der Waals surface area contributed by atoms with Gasteiger partial charge < -0.3 is 4.90 Å². The van der Waals surface area contributed by atoms with Crippen molar-refractivity contribution in [3.05, 3.63) is 30.1 Å². The van der Waals surface area contributed by atoms with Crippen molar-refractivity contribution in [2.24, 2.45) is 0 Å². The first-order chi connectivity index (χ1) is 13.9. The van der Waals surface area contributed by atoms with Crippen molar-refractivity contribution >= 4 is 27.5 Å². The Morgan fingerprint density at radius 3 is 2.59 bits per heavy atom. The number of amides is 1. The van der Waals surface area contributed by atoms with Crippen LogP contribution in [-0.4, -0.2) is 87.8 Å². The monoisotopic (exact) mass is 436 g/mol. The maximum atomic E-state index is 13.0. The number of thioether (sulfide) groups is 1. The van der Waals surface area contributed by atoms with E-state index in [-0.39, 0.29) is 16.8 Å². The van der Waals surface area contributed by atoms with Gasteiger partial charge in [-0.2, -0.15) is 16.4 Å². The molecule has 0 bridgehead atoms. The minimum absolute atomic E-state index is 0.129. The number of hydrogen-bond acceptors (Lipinski definition) is 8. The van der Waals surface area contributed by atoms with E-state index in [9.17, 15) is 13.2 Å². The van der Waals surface area contributed by atoms with Crippen molar-refractivity contribution in [3.8, 4) is 5.69 Å². The lowest BCUT2D eigenvalue weighted by Crippen LogP contribution is -2.48. The van der Waals surface area contributed by atoms with Crippen LogP contribution in [0.15, 0.2) is 29.2 Å². The van der Waals surface area contributed by atoms with Gasteiger partial charge in [0, 0.05) is 30.9 Å². The largest absolute Gasteiger partial charge is 0.340 e. The lowest BCUT2D eigenvalue weighted by atomic mass is 10.2. The molecule has 1 atom stereocenters. The van der Waals surface area contributed by atoms with Crippen molar-refractivity contribution in [3.63, 3.8) is 0 Å². The molecular weight excluding hydrogens is 412 g/mol. The van der Waals surface area contributed by atoms with E-state index in [2.05, 4.69) is 20.4 Å². The number of aromatic nitrogens is 4. The van der Waals surface area contributed by atoms with Crippen molar-refractivity contribution in [1.82, 2.24) is 30.0 Å². The van der Waals surface area contributed by atoms with Crippen LogP contribution in [0.1, 0.15) is 18.7 Å². The third kappa shape index (κ3) is 4.46. The molecule has 1 aromatic carbocycles. The number of nitrogens with zero attached hydrogens (tertiary/aromatic N) is 6. The molecule has 0 spiro atoms. The number of rotatable bonds is 5. The lowest BCUT2D eigenvalue weighted by molar-refractivity contribution is -0.135. The first-order valence-corrected chi connectivity index (χ1v) is 12.7. The Morgan fingerprint density at radius 2 is 1.90 bits per heavy atom. The number of likely N-dealkylation sites (tertiary alicyclic amines) is 1. The molecule has 2 aliphatic rings. The molecule has 156 valence electrons. The van der Waals surface area contributed by atoms with Gasteiger partial charge in [-0.3, -0.25) is 9.69 Å². The standard InChI is InChI=1S/C18H24N6O3S2/c1-29(26,27)15-6-4-14(5-7-15)24-17(19-20-21-24)13-23-8-2-3-16(23)18(25)22-9-11-28-12-10-22/h4-7,16H,2-3,8-13H2,1H3. The molecule has 1 unspecified atom stereocenters. The Kier molecular flexibility index (Phi) is 5.88. The van der Waals surface area contributed by atoms with E-state index in [1.165, 1.54) is 6.26 Å². The smallest absolute Gasteiger partial charge is 0.239 e. The molecular formula is C18H24N6O3S2. The molecule has 0 N–H and O–H groups in total. The van der Waals surface area contributed by atoms with Crippen LogP contribution in [0.25, 0.3) is 5.69 Å². The summed E-state index contributed by atoms with van der Waals surface area (Å²) >= 11 is 1.89. The Hall–Kier alpha value is -1.98. The van der Waals surface area contributed by atoms with Gasteiger partial charge in [0.1, 0.15) is 0 Å². The maximum Gasteiger partial charge on any atom is 0.239 e. The molecule has 29 heavy (non-hydrogen) atoms. The fourth-order valence-corrected chi connectivity index (χ4v) is 5.34. The number of benzene rings is 1. The van der Waals surface area contributed by atoms with Gasteiger partial charge in [0.25, 0.3) is 0 Å². The second kappa shape index (κ2) is 8.41. The predicted octanol–water partition coefficient (Wildman–Crippen LogP) is 0.606. The van der Waals surface area contributed by atoms with Crippen LogP contribution in [0.3, 0.4) is 0 Å². The molecule has 2 saturated heterocycles. The van der Waals surface area contributed by atoms with Crippen LogP contribution in [-0.2, 0) is 21.2 Å². The average molecular weight is 437 g/mol. The summed E-state index contributed by atoms with van der Waals surface area (Å²) in [6.45, 7) is 2.94. The van der Waals surface area contributed by atoms with Gasteiger partial charge in [0.05, 0.1) is 23.2 Å². The van der Waals surface area contributed by atoms with Crippen LogP contribution < -0.4 is 0 Å². The molecule has 0 aliphatic carbocycles. The second-order valence-electron chi connectivity index (χ2n) is 7.34. The molecule has 4 rings (SSSR count). The number of hydrogen-bond donors (Lipinski definition) is 0. The first kappa shape index (κ1) is 20.3. The zero-order valence-electron chi connectivity index (χ0n) is 16.3. The summed E-state index contributed by atoms with van der Waals surface area (Å²) in [5.74, 6) is 2.84. The van der Waals surface area contributed by atoms with E-state index in [0.29, 0.717) is 18.1 Å². The van der Waals surface area contributed by atoms with Crippen LogP contribution in [0.4, 0.5) is 0 Å². The minimum Gasteiger partial charge on any atom is -0.340 e. The van der Waals surface area contributed by atoms with Crippen LogP contribution in [0.2, 0.25) is 0 Å². The predicted molar refractivity (Wildman–Crippen MR) is 110 cm³/mol. The van der Waals surface area contributed by atoms with E-state index < -0.39 is 9.84 Å². The molecule has 11 heteroatoms. The summed E-state index contributed by atoms with van der Waals surface area (Å²) in [6, 6.07) is 6.35. The van der Waals surface area contributed by atoms with Gasteiger partial charge in [-0.15, -0.1) is 5.10 Å². The van der Waals surface area contributed by atoms with Gasteiger partial charge >= 0.3 is 0 Å². The molecule has 2 fully saturated rings. The summed E-state index contributed by atoms with van der Waals surface area (Å²) in [4.78, 5) is 17.4. The zero-order valence-corrected chi connectivity index (χ0v) is 17.9. The molecule has 2 aliphatic heterocycles. The first-order valence-electron chi connectivity index (χ1n) is 9.62. The second-order valence-corrected chi connectivity index (χ2v) is 10.6. The fourth-order valence-electron chi connectivity index (χ4n) is 3.81. The van der Waals surface area contributed by atoms with Gasteiger partial charge in [-0.25, -0.2) is 8.42 Å². The van der Waals surface area contributed by atoms with Crippen molar-refractivity contribution in [2.45, 2.75) is 30.3 Å². The topological polar surface area (TPSA) is 101 Å². The van der Waals surface area contributed by atoms with E-state index in [4.69, 9.17) is 0 Å². The molecule has 9 nitrogen and oxygen atoms in total. The number of carbonyl (C=O) groups excluding carboxylic acids is 1. The van der Waals surface area contributed by atoms with Crippen molar-refractivity contribution in [2.75, 3.05) is 37.4 Å². The average Bonchev–Trinajstić information content (AvgIpc) is 3.37. The van der Waals surface area contributed by atoms with E-state index in [1.807, 2.05) is 16.7 Å². The number of carbonyl (C=O) groups is 1. The molecule has 3 heterocycles. The summed E-state index contributed by atoms with van der Waals surface area (Å²) in [5, 5.41) is 12.0. The van der Waals surface area contributed by atoms with E-state index >= 15 is 0 Å². The summed E-state index contributed by atoms with van der Waals surface area (Å²) in [7, 11) is -3.26. The van der Waals surface area contributed by atoms with Gasteiger partial charge in [0.15, 0.2) is 15.7 Å². The molecule has 0 radical (unpaired) electrons. The summed E-state index contributed by atoms with van der Waals surface area (Å²) in [5.41, 5.74) is 0.688. The Labute approximate surface area is 174 Å². The number of sulfone groups is 1. The number of tetrazole rings is 1. The van der Waals surface area contributed by atoms with Crippen molar-refractivity contribution in [1.29, 1.82) is 0 Å². The molecule has 1 aromatic heterocycles. The summed E-state index contributed by atoms with van der Waals surface area (Å²) in [6.07, 6.45) is 3.01. The highest BCUT2D eigenvalue weighted by Crippen LogP contribution is 2.23. The maximum absolute atomic E-state index is 13.0.